The van der Waals surface area contributed by atoms with Crippen LogP contribution in [0, 0.1) is 0 Å². The maximum atomic E-state index is 6.56. The number of benzene rings is 3. The number of aryl methyl sites for hydroxylation is 3. The van der Waals surface area contributed by atoms with E-state index >= 15 is 0 Å². The highest BCUT2D eigenvalue weighted by molar-refractivity contribution is 8.68. The second-order valence-corrected chi connectivity index (χ2v) is 16.6. The molecule has 0 unspecified atom stereocenters. The third-order valence-corrected chi connectivity index (χ3v) is 11.8. The van der Waals surface area contributed by atoms with Crippen molar-refractivity contribution >= 4 is 28.9 Å². The molecule has 0 spiro atoms. The van der Waals surface area contributed by atoms with Crippen LogP contribution in [0.25, 0.3) is 0 Å². The fraction of sp³-hybridized carbons (Fsp3) is 0.471. The zero-order valence-corrected chi connectivity index (χ0v) is 26.5. The van der Waals surface area contributed by atoms with E-state index in [0.29, 0.717) is 0 Å². The van der Waals surface area contributed by atoms with E-state index in [9.17, 15) is 0 Å². The van der Waals surface area contributed by atoms with Gasteiger partial charge in [-0.1, -0.05) is 120 Å². The molecule has 39 heavy (non-hydrogen) atoms. The van der Waals surface area contributed by atoms with E-state index in [1.54, 1.807) is 11.4 Å². The lowest BCUT2D eigenvalue weighted by molar-refractivity contribution is 0.505. The summed E-state index contributed by atoms with van der Waals surface area (Å²) in [6.45, 7) is 4.52. The van der Waals surface area contributed by atoms with Crippen molar-refractivity contribution in [1.29, 1.82) is 0 Å². The third-order valence-electron chi connectivity index (χ3n) is 6.85. The quantitative estimate of drug-likeness (QED) is 0.0974. The van der Waals surface area contributed by atoms with Crippen LogP contribution in [0.4, 0.5) is 0 Å². The summed E-state index contributed by atoms with van der Waals surface area (Å²) in [5.74, 6) is 2.50. The zero-order valence-electron chi connectivity index (χ0n) is 24.0. The van der Waals surface area contributed by atoms with Crippen LogP contribution in [0.3, 0.4) is 0 Å². The lowest BCUT2D eigenvalue weighted by atomic mass is 10.1. The van der Waals surface area contributed by atoms with Crippen LogP contribution in [-0.2, 0) is 31.1 Å². The first-order valence-electron chi connectivity index (χ1n) is 15.0. The van der Waals surface area contributed by atoms with Gasteiger partial charge in [-0.3, -0.25) is 0 Å². The standard InChI is InChI=1S/C34H47O2PS2/c1-3-5-7-9-12-20-31-22-16-24-33(28-31)35-37(38,39-27-26-30-18-14-11-15-19-30)36-34-25-17-23-32(29-34)21-13-10-8-6-4-2/h11,14-19,22-25,28-29H,3-10,12-13,20-21,26-27H2,1-2H3. The summed E-state index contributed by atoms with van der Waals surface area (Å²) in [6.07, 6.45) is 15.9. The molecular weight excluding hydrogens is 535 g/mol. The van der Waals surface area contributed by atoms with Gasteiger partial charge in [0.2, 0.25) is 0 Å². The first kappa shape index (κ1) is 31.8. The summed E-state index contributed by atoms with van der Waals surface area (Å²) in [6, 6.07) is 27.5. The molecular formula is C34H47O2PS2. The molecule has 3 rings (SSSR count). The van der Waals surface area contributed by atoms with E-state index in [1.807, 2.05) is 12.1 Å². The summed E-state index contributed by atoms with van der Waals surface area (Å²) >= 11 is 7.82. The first-order valence-corrected chi connectivity index (χ1v) is 19.2. The molecule has 0 bridgehead atoms. The maximum absolute atomic E-state index is 6.56. The highest BCUT2D eigenvalue weighted by Crippen LogP contribution is 2.60. The Morgan fingerprint density at radius 1 is 0.564 bits per heavy atom. The molecule has 0 N–H and O–H groups in total. The highest BCUT2D eigenvalue weighted by Gasteiger charge is 2.24. The molecule has 0 fully saturated rings. The van der Waals surface area contributed by atoms with Gasteiger partial charge in [-0.05, 0) is 96.2 Å². The summed E-state index contributed by atoms with van der Waals surface area (Å²) < 4.78 is 13.1. The molecule has 0 saturated carbocycles. The smallest absolute Gasteiger partial charge is 0.348 e. The van der Waals surface area contributed by atoms with Crippen LogP contribution in [-0.4, -0.2) is 5.75 Å². The van der Waals surface area contributed by atoms with Crippen molar-refractivity contribution in [3.05, 3.63) is 95.6 Å². The zero-order chi connectivity index (χ0) is 27.6. The van der Waals surface area contributed by atoms with Crippen LogP contribution in [0.2, 0.25) is 0 Å². The molecule has 0 aliphatic rings. The van der Waals surface area contributed by atoms with Gasteiger partial charge in [-0.15, -0.1) is 0 Å². The van der Waals surface area contributed by atoms with Crippen molar-refractivity contribution in [3.63, 3.8) is 0 Å². The summed E-state index contributed by atoms with van der Waals surface area (Å²) in [5.41, 5.74) is 1.26. The Kier molecular flexibility index (Phi) is 15.1. The molecule has 5 heteroatoms. The Bertz CT molecular complexity index is 1060. The monoisotopic (exact) mass is 582 g/mol. The molecule has 3 aromatic rings. The second kappa shape index (κ2) is 18.6. The Morgan fingerprint density at radius 3 is 1.56 bits per heavy atom. The van der Waals surface area contributed by atoms with Gasteiger partial charge in [0.15, 0.2) is 0 Å². The second-order valence-electron chi connectivity index (χ2n) is 10.3. The molecule has 0 radical (unpaired) electrons. The Balaban J connectivity index is 1.67. The molecule has 2 nitrogen and oxygen atoms in total. The number of hydrogen-bond donors (Lipinski definition) is 0. The van der Waals surface area contributed by atoms with Crippen LogP contribution in [0.5, 0.6) is 11.5 Å². The van der Waals surface area contributed by atoms with Crippen molar-refractivity contribution in [3.8, 4) is 11.5 Å². The molecule has 0 aliphatic carbocycles. The first-order chi connectivity index (χ1) is 19.1. The minimum Gasteiger partial charge on any atom is -0.428 e. The van der Waals surface area contributed by atoms with Crippen molar-refractivity contribution in [2.24, 2.45) is 0 Å². The highest BCUT2D eigenvalue weighted by atomic mass is 32.9. The van der Waals surface area contributed by atoms with Gasteiger partial charge in [-0.25, -0.2) is 0 Å². The minimum atomic E-state index is -2.67. The van der Waals surface area contributed by atoms with E-state index in [-0.39, 0.29) is 0 Å². The maximum Gasteiger partial charge on any atom is 0.348 e. The summed E-state index contributed by atoms with van der Waals surface area (Å²) in [7, 11) is 0. The minimum absolute atomic E-state index is 0.823. The lowest BCUT2D eigenvalue weighted by Crippen LogP contribution is -2.01. The lowest BCUT2D eigenvalue weighted by Gasteiger charge is -2.23. The predicted molar refractivity (Wildman–Crippen MR) is 176 cm³/mol. The van der Waals surface area contributed by atoms with Gasteiger partial charge >= 0.3 is 5.69 Å². The number of rotatable bonds is 20. The molecule has 212 valence electrons. The normalized spacial score (nSPS) is 11.4. The average Bonchev–Trinajstić information content (AvgIpc) is 2.94. The van der Waals surface area contributed by atoms with Crippen molar-refractivity contribution in [1.82, 2.24) is 0 Å². The summed E-state index contributed by atoms with van der Waals surface area (Å²) in [4.78, 5) is 0. The van der Waals surface area contributed by atoms with Gasteiger partial charge in [0.1, 0.15) is 11.5 Å². The van der Waals surface area contributed by atoms with Crippen LogP contribution < -0.4 is 9.05 Å². The topological polar surface area (TPSA) is 18.5 Å². The molecule has 3 aromatic carbocycles. The van der Waals surface area contributed by atoms with Gasteiger partial charge in [0, 0.05) is 5.75 Å². The molecule has 0 saturated heterocycles. The van der Waals surface area contributed by atoms with Crippen LogP contribution >= 0.6 is 17.1 Å². The van der Waals surface area contributed by atoms with Crippen molar-refractivity contribution < 1.29 is 9.05 Å². The fourth-order valence-electron chi connectivity index (χ4n) is 4.63. The number of hydrogen-bond acceptors (Lipinski definition) is 4. The Morgan fingerprint density at radius 2 is 1.05 bits per heavy atom. The molecule has 0 amide bonds. The fourth-order valence-corrected chi connectivity index (χ4v) is 9.03. The van der Waals surface area contributed by atoms with E-state index in [1.165, 1.54) is 80.9 Å². The predicted octanol–water partition coefficient (Wildman–Crippen LogP) is 11.4. The summed E-state index contributed by atoms with van der Waals surface area (Å²) in [5, 5.41) is 0. The van der Waals surface area contributed by atoms with Crippen LogP contribution in [0.1, 0.15) is 94.7 Å². The average molecular weight is 583 g/mol. The van der Waals surface area contributed by atoms with Gasteiger partial charge in [0.05, 0.1) is 0 Å². The van der Waals surface area contributed by atoms with Crippen LogP contribution in [0.15, 0.2) is 78.9 Å². The molecule has 0 atom stereocenters. The van der Waals surface area contributed by atoms with Gasteiger partial charge < -0.3 is 9.05 Å². The van der Waals surface area contributed by atoms with Gasteiger partial charge in [-0.2, -0.15) is 0 Å². The Hall–Kier alpha value is -1.74. The van der Waals surface area contributed by atoms with Gasteiger partial charge in [0.25, 0.3) is 0 Å². The number of unbranched alkanes of at least 4 members (excludes halogenated alkanes) is 8. The largest absolute Gasteiger partial charge is 0.428 e. The van der Waals surface area contributed by atoms with Crippen molar-refractivity contribution in [2.75, 3.05) is 5.75 Å². The van der Waals surface area contributed by atoms with E-state index in [0.717, 1.165) is 36.5 Å². The Labute approximate surface area is 247 Å². The molecule has 0 aromatic heterocycles. The SMILES string of the molecule is CCCCCCCc1cccc(OP(=S)(Oc2cccc(CCCCCCC)c2)SCCc2ccccc2)c1. The van der Waals surface area contributed by atoms with Crippen molar-refractivity contribution in [2.45, 2.75) is 97.3 Å². The third kappa shape index (κ3) is 13.0. The molecule has 0 heterocycles. The van der Waals surface area contributed by atoms with E-state index in [4.69, 9.17) is 20.9 Å². The van der Waals surface area contributed by atoms with E-state index in [2.05, 4.69) is 80.6 Å². The van der Waals surface area contributed by atoms with E-state index < -0.39 is 5.69 Å². The molecule has 0 aliphatic heterocycles.